The van der Waals surface area contributed by atoms with E-state index in [1.54, 1.807) is 30.7 Å². The first-order valence-electron chi connectivity index (χ1n) is 10.2. The first-order valence-corrected chi connectivity index (χ1v) is 10.2. The second kappa shape index (κ2) is 8.41. The zero-order chi connectivity index (χ0) is 22.1. The monoisotopic (exact) mass is 418 g/mol. The molecule has 0 spiro atoms. The van der Waals surface area contributed by atoms with Crippen molar-refractivity contribution in [2.45, 2.75) is 26.0 Å². The third kappa shape index (κ3) is 4.26. The molecule has 3 aromatic rings. The van der Waals surface area contributed by atoms with Crippen LogP contribution in [0.2, 0.25) is 0 Å². The lowest BCUT2D eigenvalue weighted by molar-refractivity contribution is 0.0785. The van der Waals surface area contributed by atoms with Crippen LogP contribution < -0.4 is 16.0 Å². The highest BCUT2D eigenvalue weighted by atomic mass is 16.3. The molecule has 31 heavy (non-hydrogen) atoms. The number of nitrogens with zero attached hydrogens (tertiary/aromatic N) is 4. The van der Waals surface area contributed by atoms with Crippen molar-refractivity contribution in [3.05, 3.63) is 60.7 Å². The lowest BCUT2D eigenvalue weighted by atomic mass is 9.92. The number of allylic oxidation sites excluding steroid dienone is 1. The van der Waals surface area contributed by atoms with E-state index in [4.69, 9.17) is 5.73 Å². The number of aromatic nitrogens is 3. The first kappa shape index (κ1) is 20.9. The van der Waals surface area contributed by atoms with Gasteiger partial charge in [-0.1, -0.05) is 13.5 Å². The lowest BCUT2D eigenvalue weighted by Gasteiger charge is -2.40. The van der Waals surface area contributed by atoms with Crippen molar-refractivity contribution in [3.63, 3.8) is 0 Å². The fourth-order valence-electron chi connectivity index (χ4n) is 3.82. The van der Waals surface area contributed by atoms with Crippen LogP contribution >= 0.6 is 0 Å². The molecule has 3 atom stereocenters. The Bertz CT molecular complexity index is 1140. The number of anilines is 2. The Morgan fingerprint density at radius 1 is 1.26 bits per heavy atom. The quantitative estimate of drug-likeness (QED) is 0.596. The molecule has 3 aromatic heterocycles. The Kier molecular flexibility index (Phi) is 5.67. The molecule has 0 aliphatic carbocycles. The molecule has 1 fully saturated rings. The van der Waals surface area contributed by atoms with Crippen LogP contribution in [0.1, 0.15) is 29.9 Å². The minimum absolute atomic E-state index is 0.0117. The first-order chi connectivity index (χ1) is 14.8. The van der Waals surface area contributed by atoms with Crippen molar-refractivity contribution in [2.24, 2.45) is 11.7 Å². The highest BCUT2D eigenvalue weighted by Gasteiger charge is 2.32. The maximum atomic E-state index is 13.0. The van der Waals surface area contributed by atoms with Gasteiger partial charge in [0.15, 0.2) is 0 Å². The normalized spacial score (nSPS) is 21.2. The number of carbonyl (C=O) groups excluding carboxylic acids is 1. The Labute approximate surface area is 180 Å². The summed E-state index contributed by atoms with van der Waals surface area (Å²) in [7, 11) is 0. The number of amides is 1. The smallest absolute Gasteiger partial charge is 0.274 e. The summed E-state index contributed by atoms with van der Waals surface area (Å²) in [6, 6.07) is 6.77. The van der Waals surface area contributed by atoms with Crippen molar-refractivity contribution >= 4 is 33.9 Å². The van der Waals surface area contributed by atoms with Gasteiger partial charge in [0.05, 0.1) is 34.7 Å². The topological polar surface area (TPSA) is 117 Å². The van der Waals surface area contributed by atoms with Gasteiger partial charge in [0.25, 0.3) is 5.91 Å². The van der Waals surface area contributed by atoms with Gasteiger partial charge in [0, 0.05) is 37.4 Å². The van der Waals surface area contributed by atoms with E-state index in [0.717, 1.165) is 16.8 Å². The summed E-state index contributed by atoms with van der Waals surface area (Å²) >= 11 is 0. The molecule has 4 N–H and O–H groups in total. The van der Waals surface area contributed by atoms with Crippen molar-refractivity contribution in [3.8, 4) is 0 Å². The average molecular weight is 419 g/mol. The standard InChI is InChI=1S/C23H26N6O2/c1-13(2)15-8-19-17(26-9-15)4-5-18(27-19)23(31)28-20-10-25-7-6-21(20)29-11-14(3)22(30)16(24)12-29/h4-10,14,16,22,30H,1,11-12,24H2,2-3H3,(H,28,31)/t14-,16+,22+/m0/s1. The number of pyridine rings is 3. The number of hydrogen-bond donors (Lipinski definition) is 3. The maximum absolute atomic E-state index is 13.0. The molecule has 1 amide bonds. The van der Waals surface area contributed by atoms with E-state index in [0.29, 0.717) is 29.8 Å². The third-order valence-corrected chi connectivity index (χ3v) is 5.61. The Morgan fingerprint density at radius 2 is 2.06 bits per heavy atom. The van der Waals surface area contributed by atoms with Crippen LogP contribution in [-0.4, -0.2) is 51.2 Å². The molecule has 0 radical (unpaired) electrons. The zero-order valence-corrected chi connectivity index (χ0v) is 17.6. The molecule has 8 heteroatoms. The summed E-state index contributed by atoms with van der Waals surface area (Å²) in [5, 5.41) is 13.1. The van der Waals surface area contributed by atoms with Gasteiger partial charge >= 0.3 is 0 Å². The van der Waals surface area contributed by atoms with Crippen LogP contribution in [-0.2, 0) is 0 Å². The molecule has 1 aliphatic heterocycles. The number of aliphatic hydroxyl groups is 1. The number of piperidine rings is 1. The van der Waals surface area contributed by atoms with Gasteiger partial charge in [-0.25, -0.2) is 4.98 Å². The van der Waals surface area contributed by atoms with Gasteiger partial charge in [0.1, 0.15) is 5.69 Å². The summed E-state index contributed by atoms with van der Waals surface area (Å²) in [5.41, 5.74) is 10.9. The van der Waals surface area contributed by atoms with Crippen molar-refractivity contribution in [1.29, 1.82) is 0 Å². The van der Waals surface area contributed by atoms with E-state index in [-0.39, 0.29) is 23.6 Å². The van der Waals surface area contributed by atoms with E-state index in [9.17, 15) is 9.90 Å². The molecule has 4 heterocycles. The number of fused-ring (bicyclic) bond motifs is 1. The number of nitrogens with two attached hydrogens (primary N) is 1. The van der Waals surface area contributed by atoms with Gasteiger partial charge in [-0.2, -0.15) is 0 Å². The Morgan fingerprint density at radius 3 is 2.81 bits per heavy atom. The number of hydrogen-bond acceptors (Lipinski definition) is 7. The van der Waals surface area contributed by atoms with Crippen LogP contribution in [0.15, 0.2) is 49.4 Å². The highest BCUT2D eigenvalue weighted by Crippen LogP contribution is 2.29. The van der Waals surface area contributed by atoms with Crippen molar-refractivity contribution in [2.75, 3.05) is 23.3 Å². The van der Waals surface area contributed by atoms with E-state index in [2.05, 4.69) is 31.7 Å². The molecule has 8 nitrogen and oxygen atoms in total. The molecule has 0 unspecified atom stereocenters. The van der Waals surface area contributed by atoms with E-state index < -0.39 is 6.10 Å². The molecular weight excluding hydrogens is 392 g/mol. The van der Waals surface area contributed by atoms with Gasteiger partial charge < -0.3 is 21.1 Å². The third-order valence-electron chi connectivity index (χ3n) is 5.61. The summed E-state index contributed by atoms with van der Waals surface area (Å²) in [6.45, 7) is 8.91. The highest BCUT2D eigenvalue weighted by molar-refractivity contribution is 6.05. The average Bonchev–Trinajstić information content (AvgIpc) is 2.76. The van der Waals surface area contributed by atoms with Crippen LogP contribution in [0.25, 0.3) is 16.6 Å². The van der Waals surface area contributed by atoms with Crippen LogP contribution in [0.4, 0.5) is 11.4 Å². The minimum Gasteiger partial charge on any atom is -0.391 e. The molecular formula is C23H26N6O2. The number of nitrogens with one attached hydrogen (secondary N) is 1. The van der Waals surface area contributed by atoms with Crippen LogP contribution in [0, 0.1) is 5.92 Å². The lowest BCUT2D eigenvalue weighted by Crippen LogP contribution is -2.55. The Balaban J connectivity index is 1.60. The second-order valence-corrected chi connectivity index (χ2v) is 8.12. The minimum atomic E-state index is -0.546. The van der Waals surface area contributed by atoms with Crippen LogP contribution in [0.5, 0.6) is 0 Å². The van der Waals surface area contributed by atoms with Crippen molar-refractivity contribution < 1.29 is 9.90 Å². The molecule has 0 aromatic carbocycles. The number of rotatable bonds is 4. The predicted octanol–water partition coefficient (Wildman–Crippen LogP) is 2.45. The predicted molar refractivity (Wildman–Crippen MR) is 122 cm³/mol. The van der Waals surface area contributed by atoms with Crippen molar-refractivity contribution in [1.82, 2.24) is 15.0 Å². The largest absolute Gasteiger partial charge is 0.391 e. The summed E-state index contributed by atoms with van der Waals surface area (Å²) in [6.07, 6.45) is 4.48. The van der Waals surface area contributed by atoms with Gasteiger partial charge in [0.2, 0.25) is 0 Å². The summed E-state index contributed by atoms with van der Waals surface area (Å²) in [4.78, 5) is 28.1. The maximum Gasteiger partial charge on any atom is 0.274 e. The fourth-order valence-corrected chi connectivity index (χ4v) is 3.82. The summed E-state index contributed by atoms with van der Waals surface area (Å²) < 4.78 is 0. The second-order valence-electron chi connectivity index (χ2n) is 8.12. The van der Waals surface area contributed by atoms with Gasteiger partial charge in [-0.15, -0.1) is 0 Å². The SMILES string of the molecule is C=C(C)c1cnc2ccc(C(=O)Nc3cnccc3N3C[C@@H](N)[C@H](O)[C@@H](C)C3)nc2c1. The van der Waals surface area contributed by atoms with E-state index in [1.165, 1.54) is 0 Å². The molecule has 4 rings (SSSR count). The number of carbonyl (C=O) groups is 1. The zero-order valence-electron chi connectivity index (χ0n) is 17.6. The molecule has 0 saturated carbocycles. The molecule has 1 saturated heterocycles. The van der Waals surface area contributed by atoms with E-state index >= 15 is 0 Å². The molecule has 160 valence electrons. The molecule has 1 aliphatic rings. The van der Waals surface area contributed by atoms with Gasteiger partial charge in [-0.05, 0) is 42.3 Å². The van der Waals surface area contributed by atoms with Gasteiger partial charge in [-0.3, -0.25) is 14.8 Å². The summed E-state index contributed by atoms with van der Waals surface area (Å²) in [5.74, 6) is -0.330. The van der Waals surface area contributed by atoms with E-state index in [1.807, 2.05) is 26.0 Å². The fraction of sp³-hybridized carbons (Fsp3) is 0.304. The molecule has 0 bridgehead atoms. The Hall–Kier alpha value is -3.36. The van der Waals surface area contributed by atoms with Crippen LogP contribution in [0.3, 0.4) is 0 Å². The number of aliphatic hydroxyl groups excluding tert-OH is 1.